The van der Waals surface area contributed by atoms with Gasteiger partial charge in [0.25, 0.3) is 0 Å². The van der Waals surface area contributed by atoms with Crippen molar-refractivity contribution in [2.45, 2.75) is 11.3 Å². The van der Waals surface area contributed by atoms with Gasteiger partial charge in [-0.25, -0.2) is 0 Å². The number of Topliss-reactive ketones (excluding diaryl/α,β-unsaturated/α-hetero) is 1. The first-order valence-corrected chi connectivity index (χ1v) is 8.06. The Morgan fingerprint density at radius 3 is 2.70 bits per heavy atom. The summed E-state index contributed by atoms with van der Waals surface area (Å²) in [5.74, 6) is 0.756. The van der Waals surface area contributed by atoms with Crippen molar-refractivity contribution in [3.05, 3.63) is 70.6 Å². The number of benzene rings is 1. The molecule has 1 aliphatic rings. The number of thioether (sulfide) groups is 1. The van der Waals surface area contributed by atoms with E-state index < -0.39 is 4.87 Å². The molecule has 0 saturated carbocycles. The Morgan fingerprint density at radius 1 is 1.35 bits per heavy atom. The fourth-order valence-electron chi connectivity index (χ4n) is 1.91. The molecule has 0 heterocycles. The number of hydrogen-bond acceptors (Lipinski definition) is 2. The van der Waals surface area contributed by atoms with E-state index in [0.717, 1.165) is 5.75 Å². The van der Waals surface area contributed by atoms with E-state index in [0.29, 0.717) is 17.6 Å². The van der Waals surface area contributed by atoms with E-state index in [1.54, 1.807) is 17.2 Å². The van der Waals surface area contributed by atoms with E-state index in [1.807, 2.05) is 48.6 Å². The third-order valence-corrected chi connectivity index (χ3v) is 4.85. The fourth-order valence-corrected chi connectivity index (χ4v) is 3.12. The van der Waals surface area contributed by atoms with Crippen LogP contribution in [0.2, 0.25) is 0 Å². The van der Waals surface area contributed by atoms with Crippen LogP contribution in [0, 0.1) is 0 Å². The number of halogens is 2. The molecule has 0 aliphatic heterocycles. The van der Waals surface area contributed by atoms with E-state index in [2.05, 4.69) is 0 Å². The molecule has 0 aromatic heterocycles. The number of rotatable bonds is 5. The summed E-state index contributed by atoms with van der Waals surface area (Å²) in [6, 6.07) is 9.26. The second kappa shape index (κ2) is 7.16. The lowest BCUT2D eigenvalue weighted by molar-refractivity contribution is 0.103. The van der Waals surface area contributed by atoms with Crippen LogP contribution in [0.1, 0.15) is 16.8 Å². The summed E-state index contributed by atoms with van der Waals surface area (Å²) in [7, 11) is 0. The van der Waals surface area contributed by atoms with Gasteiger partial charge in [-0.05, 0) is 11.8 Å². The van der Waals surface area contributed by atoms with Crippen molar-refractivity contribution < 1.29 is 4.79 Å². The molecule has 1 aromatic rings. The summed E-state index contributed by atoms with van der Waals surface area (Å²) in [5.41, 5.74) is 2.87. The zero-order chi connectivity index (χ0) is 14.4. The Kier molecular flexibility index (Phi) is 5.53. The van der Waals surface area contributed by atoms with Crippen LogP contribution in [-0.2, 0) is 0 Å². The van der Waals surface area contributed by atoms with Gasteiger partial charge in [0.2, 0.25) is 0 Å². The second-order valence-corrected chi connectivity index (χ2v) is 6.40. The first-order chi connectivity index (χ1) is 9.64. The fraction of sp³-hybridized carbons (Fsp3) is 0.188. The molecular formula is C16H14Cl2OS. The van der Waals surface area contributed by atoms with Gasteiger partial charge in [-0.3, -0.25) is 4.79 Å². The minimum atomic E-state index is -0.443. The van der Waals surface area contributed by atoms with E-state index in [4.69, 9.17) is 23.2 Å². The van der Waals surface area contributed by atoms with Gasteiger partial charge in [-0.15, -0.1) is 23.4 Å². The van der Waals surface area contributed by atoms with Crippen LogP contribution in [0.15, 0.2) is 65.1 Å². The lowest BCUT2D eigenvalue weighted by atomic mass is 9.93. The van der Waals surface area contributed by atoms with Crippen molar-refractivity contribution >= 4 is 40.7 Å². The topological polar surface area (TPSA) is 17.1 Å². The van der Waals surface area contributed by atoms with Gasteiger partial charge in [0.15, 0.2) is 5.78 Å². The number of ketones is 1. The SMILES string of the molecule is O=C(C1=CCC(Cl)(CSC=CCl)C=C1)c1ccccc1. The van der Waals surface area contributed by atoms with Crippen LogP contribution in [-0.4, -0.2) is 16.4 Å². The highest BCUT2D eigenvalue weighted by molar-refractivity contribution is 8.02. The monoisotopic (exact) mass is 324 g/mol. The molecule has 0 spiro atoms. The van der Waals surface area contributed by atoms with Gasteiger partial charge in [-0.2, -0.15) is 0 Å². The molecule has 0 N–H and O–H groups in total. The van der Waals surface area contributed by atoms with Gasteiger partial charge in [-0.1, -0.05) is 60.2 Å². The lowest BCUT2D eigenvalue weighted by Crippen LogP contribution is -2.23. The molecule has 4 heteroatoms. The molecule has 0 saturated heterocycles. The van der Waals surface area contributed by atoms with Gasteiger partial charge in [0, 0.05) is 22.4 Å². The molecule has 2 rings (SSSR count). The Hall–Kier alpha value is -0.960. The predicted molar refractivity (Wildman–Crippen MR) is 88.6 cm³/mol. The van der Waals surface area contributed by atoms with Gasteiger partial charge < -0.3 is 0 Å². The molecule has 1 atom stereocenters. The van der Waals surface area contributed by atoms with Gasteiger partial charge >= 0.3 is 0 Å². The summed E-state index contributed by atoms with van der Waals surface area (Å²) in [6.07, 6.45) is 6.27. The Labute approximate surface area is 133 Å². The first kappa shape index (κ1) is 15.4. The summed E-state index contributed by atoms with van der Waals surface area (Å²) in [6.45, 7) is 0. The van der Waals surface area contributed by atoms with Crippen LogP contribution in [0.4, 0.5) is 0 Å². The standard InChI is InChI=1S/C16H14Cl2OS/c17-10-11-20-12-16(18)8-6-14(7-9-16)15(19)13-4-2-1-3-5-13/h1-8,10-11H,9,12H2. The molecule has 0 bridgehead atoms. The minimum absolute atomic E-state index is 0.0360. The summed E-state index contributed by atoms with van der Waals surface area (Å²) in [5, 5.41) is 1.80. The highest BCUT2D eigenvalue weighted by Gasteiger charge is 2.26. The third-order valence-electron chi connectivity index (χ3n) is 2.99. The molecule has 0 fully saturated rings. The second-order valence-electron chi connectivity index (χ2n) is 4.50. The third kappa shape index (κ3) is 4.02. The van der Waals surface area contributed by atoms with Crippen molar-refractivity contribution in [3.8, 4) is 0 Å². The molecule has 20 heavy (non-hydrogen) atoms. The maximum Gasteiger partial charge on any atom is 0.192 e. The molecule has 0 radical (unpaired) electrons. The van der Waals surface area contributed by atoms with Crippen LogP contribution < -0.4 is 0 Å². The maximum atomic E-state index is 12.3. The molecular weight excluding hydrogens is 311 g/mol. The zero-order valence-corrected chi connectivity index (χ0v) is 13.1. The van der Waals surface area contributed by atoms with E-state index in [9.17, 15) is 4.79 Å². The minimum Gasteiger partial charge on any atom is -0.289 e. The van der Waals surface area contributed by atoms with E-state index in [-0.39, 0.29) is 5.78 Å². The van der Waals surface area contributed by atoms with Gasteiger partial charge in [0.05, 0.1) is 4.87 Å². The number of carbonyl (C=O) groups is 1. The van der Waals surface area contributed by atoms with Crippen LogP contribution >= 0.6 is 35.0 Å². The maximum absolute atomic E-state index is 12.3. The highest BCUT2D eigenvalue weighted by atomic mass is 35.5. The average Bonchev–Trinajstić information content (AvgIpc) is 2.48. The average molecular weight is 325 g/mol. The summed E-state index contributed by atoms with van der Waals surface area (Å²) in [4.78, 5) is 11.8. The van der Waals surface area contributed by atoms with Crippen LogP contribution in [0.5, 0.6) is 0 Å². The quantitative estimate of drug-likeness (QED) is 0.548. The predicted octanol–water partition coefficient (Wildman–Crippen LogP) is 5.18. The van der Waals surface area contributed by atoms with E-state index in [1.165, 1.54) is 5.54 Å². The smallest absolute Gasteiger partial charge is 0.192 e. The largest absolute Gasteiger partial charge is 0.289 e. The van der Waals surface area contributed by atoms with Crippen LogP contribution in [0.25, 0.3) is 0 Å². The molecule has 104 valence electrons. The van der Waals surface area contributed by atoms with Crippen molar-refractivity contribution in [1.82, 2.24) is 0 Å². The van der Waals surface area contributed by atoms with Crippen molar-refractivity contribution in [2.24, 2.45) is 0 Å². The first-order valence-electron chi connectivity index (χ1n) is 6.19. The number of allylic oxidation sites excluding steroid dienone is 4. The summed E-state index contributed by atoms with van der Waals surface area (Å²) < 4.78 is 0. The van der Waals surface area contributed by atoms with Crippen molar-refractivity contribution in [3.63, 3.8) is 0 Å². The Balaban J connectivity index is 2.03. The molecule has 1 aromatic carbocycles. The van der Waals surface area contributed by atoms with Crippen molar-refractivity contribution in [1.29, 1.82) is 0 Å². The Morgan fingerprint density at radius 2 is 2.10 bits per heavy atom. The number of alkyl halides is 1. The number of carbonyl (C=O) groups excluding carboxylic acids is 1. The molecule has 1 nitrogen and oxygen atoms in total. The lowest BCUT2D eigenvalue weighted by Gasteiger charge is -2.24. The van der Waals surface area contributed by atoms with E-state index >= 15 is 0 Å². The normalized spacial score (nSPS) is 22.0. The highest BCUT2D eigenvalue weighted by Crippen LogP contribution is 2.32. The van der Waals surface area contributed by atoms with Crippen molar-refractivity contribution in [2.75, 3.05) is 5.75 Å². The molecule has 1 unspecified atom stereocenters. The molecule has 0 amide bonds. The zero-order valence-electron chi connectivity index (χ0n) is 10.8. The van der Waals surface area contributed by atoms with Gasteiger partial charge in [0.1, 0.15) is 0 Å². The molecule has 1 aliphatic carbocycles. The summed E-state index contributed by atoms with van der Waals surface area (Å²) >= 11 is 13.5. The number of hydrogen-bond donors (Lipinski definition) is 0. The van der Waals surface area contributed by atoms with Crippen LogP contribution in [0.3, 0.4) is 0 Å². The Bertz CT molecular complexity index is 563.